The van der Waals surface area contributed by atoms with Crippen LogP contribution >= 0.6 is 0 Å². The molecule has 0 aromatic carbocycles. The molecule has 0 aliphatic rings. The highest BCUT2D eigenvalue weighted by atomic mass is 16.6. The number of carbonyl (C=O) groups excluding carboxylic acids is 4. The molecule has 0 aliphatic heterocycles. The van der Waals surface area contributed by atoms with Gasteiger partial charge in [0.2, 0.25) is 11.8 Å². The van der Waals surface area contributed by atoms with Gasteiger partial charge in [0.1, 0.15) is 11.6 Å². The third-order valence-electron chi connectivity index (χ3n) is 4.23. The van der Waals surface area contributed by atoms with Gasteiger partial charge in [-0.3, -0.25) is 14.4 Å². The molecule has 0 saturated carbocycles. The average molecular weight is 445 g/mol. The van der Waals surface area contributed by atoms with Crippen LogP contribution in [0.5, 0.6) is 0 Å². The smallest absolute Gasteiger partial charge is 0.407 e. The lowest BCUT2D eigenvalue weighted by Gasteiger charge is -2.32. The van der Waals surface area contributed by atoms with Crippen LogP contribution in [0.15, 0.2) is 0 Å². The van der Waals surface area contributed by atoms with E-state index in [9.17, 15) is 24.3 Å². The van der Waals surface area contributed by atoms with E-state index in [1.165, 1.54) is 4.90 Å². The number of alkyl carbamates (subject to hydrolysis) is 1. The summed E-state index contributed by atoms with van der Waals surface area (Å²) in [5.41, 5.74) is -1.26. The summed E-state index contributed by atoms with van der Waals surface area (Å²) in [4.78, 5) is 50.4. The van der Waals surface area contributed by atoms with Crippen molar-refractivity contribution in [3.63, 3.8) is 0 Å². The van der Waals surface area contributed by atoms with Gasteiger partial charge in [0.15, 0.2) is 6.10 Å². The Hall–Kier alpha value is -2.36. The molecule has 0 aromatic rings. The van der Waals surface area contributed by atoms with Crippen molar-refractivity contribution in [2.24, 2.45) is 5.41 Å². The summed E-state index contributed by atoms with van der Waals surface area (Å²) >= 11 is 0. The SMILES string of the molecule is CCC[C@H](NC(=O)OC(C)(C)C)C(O)C(=O)NCC(=O)N[C@H](C(=O)N(C)C)C(C)(C)C. The number of rotatable bonds is 9. The minimum atomic E-state index is -1.57. The van der Waals surface area contributed by atoms with Crippen LogP contribution in [0.2, 0.25) is 0 Å². The number of amides is 4. The molecule has 0 radical (unpaired) electrons. The van der Waals surface area contributed by atoms with Gasteiger partial charge in [0, 0.05) is 14.1 Å². The van der Waals surface area contributed by atoms with Gasteiger partial charge in [-0.2, -0.15) is 0 Å². The lowest BCUT2D eigenvalue weighted by molar-refractivity contribution is -0.137. The number of nitrogens with zero attached hydrogens (tertiary/aromatic N) is 1. The summed E-state index contributed by atoms with van der Waals surface area (Å²) in [7, 11) is 3.19. The number of carbonyl (C=O) groups is 4. The van der Waals surface area contributed by atoms with Gasteiger partial charge in [0.25, 0.3) is 5.91 Å². The van der Waals surface area contributed by atoms with Crippen LogP contribution in [0.25, 0.3) is 0 Å². The summed E-state index contributed by atoms with van der Waals surface area (Å²) in [6.45, 7) is 12.0. The number of likely N-dealkylation sites (N-methyl/N-ethyl adjacent to an activating group) is 1. The minimum absolute atomic E-state index is 0.267. The van der Waals surface area contributed by atoms with Crippen LogP contribution < -0.4 is 16.0 Å². The molecule has 4 N–H and O–H groups in total. The van der Waals surface area contributed by atoms with Crippen molar-refractivity contribution in [3.8, 4) is 0 Å². The Kier molecular flexibility index (Phi) is 11.0. The average Bonchev–Trinajstić information content (AvgIpc) is 2.59. The Labute approximate surface area is 185 Å². The van der Waals surface area contributed by atoms with E-state index >= 15 is 0 Å². The van der Waals surface area contributed by atoms with Crippen molar-refractivity contribution in [2.45, 2.75) is 85.1 Å². The first-order valence-corrected chi connectivity index (χ1v) is 10.5. The van der Waals surface area contributed by atoms with Crippen molar-refractivity contribution in [2.75, 3.05) is 20.6 Å². The highest BCUT2D eigenvalue weighted by Gasteiger charge is 2.34. The molecule has 31 heavy (non-hydrogen) atoms. The largest absolute Gasteiger partial charge is 0.444 e. The number of aliphatic hydroxyl groups excluding tert-OH is 1. The first-order chi connectivity index (χ1) is 14.0. The van der Waals surface area contributed by atoms with E-state index in [0.29, 0.717) is 12.8 Å². The molecule has 0 heterocycles. The molecule has 0 rings (SSSR count). The monoisotopic (exact) mass is 444 g/mol. The number of hydrogen-bond donors (Lipinski definition) is 4. The molecule has 0 spiro atoms. The van der Waals surface area contributed by atoms with E-state index < -0.39 is 53.7 Å². The maximum atomic E-state index is 12.4. The zero-order chi connectivity index (χ0) is 24.6. The van der Waals surface area contributed by atoms with Crippen molar-refractivity contribution in [1.29, 1.82) is 0 Å². The number of ether oxygens (including phenoxy) is 1. The summed E-state index contributed by atoms with van der Waals surface area (Å²) in [6.07, 6.45) is -1.37. The fraction of sp³-hybridized carbons (Fsp3) is 0.810. The zero-order valence-electron chi connectivity index (χ0n) is 20.3. The first-order valence-electron chi connectivity index (χ1n) is 10.5. The molecule has 10 nitrogen and oxygen atoms in total. The molecule has 0 aromatic heterocycles. The maximum Gasteiger partial charge on any atom is 0.407 e. The van der Waals surface area contributed by atoms with Gasteiger partial charge >= 0.3 is 6.09 Å². The van der Waals surface area contributed by atoms with Crippen molar-refractivity contribution in [3.05, 3.63) is 0 Å². The third kappa shape index (κ3) is 11.0. The van der Waals surface area contributed by atoms with E-state index in [1.54, 1.807) is 34.9 Å². The fourth-order valence-corrected chi connectivity index (χ4v) is 2.65. The molecule has 0 aliphatic carbocycles. The molecule has 10 heteroatoms. The quantitative estimate of drug-likeness (QED) is 0.415. The molecule has 180 valence electrons. The molecule has 4 amide bonds. The van der Waals surface area contributed by atoms with Gasteiger partial charge in [-0.15, -0.1) is 0 Å². The topological polar surface area (TPSA) is 137 Å². The van der Waals surface area contributed by atoms with Gasteiger partial charge in [-0.05, 0) is 32.6 Å². The second kappa shape index (κ2) is 11.9. The van der Waals surface area contributed by atoms with Gasteiger partial charge in [0.05, 0.1) is 12.6 Å². The Balaban J connectivity index is 4.97. The van der Waals surface area contributed by atoms with Crippen LogP contribution in [0.1, 0.15) is 61.3 Å². The summed E-state index contributed by atoms with van der Waals surface area (Å²) < 4.78 is 5.17. The van der Waals surface area contributed by atoms with Crippen LogP contribution in [0.3, 0.4) is 0 Å². The Morgan fingerprint density at radius 3 is 1.97 bits per heavy atom. The van der Waals surface area contributed by atoms with E-state index in [4.69, 9.17) is 4.74 Å². The predicted molar refractivity (Wildman–Crippen MR) is 117 cm³/mol. The van der Waals surface area contributed by atoms with E-state index in [-0.39, 0.29) is 5.91 Å². The molecule has 1 unspecified atom stereocenters. The van der Waals surface area contributed by atoms with Gasteiger partial charge in [-0.25, -0.2) is 4.79 Å². The number of aliphatic hydroxyl groups is 1. The van der Waals surface area contributed by atoms with Gasteiger partial charge in [-0.1, -0.05) is 34.1 Å². The number of hydrogen-bond acceptors (Lipinski definition) is 6. The first kappa shape index (κ1) is 28.6. The highest BCUT2D eigenvalue weighted by molar-refractivity contribution is 5.91. The van der Waals surface area contributed by atoms with Crippen LogP contribution in [-0.4, -0.2) is 78.3 Å². The minimum Gasteiger partial charge on any atom is -0.444 e. The molecule has 0 saturated heterocycles. The maximum absolute atomic E-state index is 12.4. The Morgan fingerprint density at radius 2 is 1.55 bits per heavy atom. The van der Waals surface area contributed by atoms with Crippen LogP contribution in [-0.2, 0) is 19.1 Å². The third-order valence-corrected chi connectivity index (χ3v) is 4.23. The molecule has 0 bridgehead atoms. The lowest BCUT2D eigenvalue weighted by Crippen LogP contribution is -2.56. The Bertz CT molecular complexity index is 637. The summed E-state index contributed by atoms with van der Waals surface area (Å²) in [6, 6.07) is -1.65. The van der Waals surface area contributed by atoms with Crippen LogP contribution in [0, 0.1) is 5.41 Å². The standard InChI is InChI=1S/C21H40N4O6/c1-10-11-13(23-19(30)31-21(5,6)7)15(27)17(28)22-12-14(26)24-16(20(2,3)4)18(29)25(8)9/h13,15-16,27H,10-12H2,1-9H3,(H,22,28)(H,23,30)(H,24,26)/t13-,15?,16+/m0/s1. The predicted octanol–water partition coefficient (Wildman–Crippen LogP) is 0.776. The summed E-state index contributed by atoms with van der Waals surface area (Å²) in [5, 5.41) is 17.8. The van der Waals surface area contributed by atoms with Gasteiger partial charge < -0.3 is 30.7 Å². The molecular weight excluding hydrogens is 404 g/mol. The normalized spacial score (nSPS) is 14.6. The van der Waals surface area contributed by atoms with E-state index in [1.807, 2.05) is 27.7 Å². The van der Waals surface area contributed by atoms with Crippen LogP contribution in [0.4, 0.5) is 4.79 Å². The van der Waals surface area contributed by atoms with Crippen molar-refractivity contribution in [1.82, 2.24) is 20.9 Å². The van der Waals surface area contributed by atoms with Crippen molar-refractivity contribution < 1.29 is 29.0 Å². The van der Waals surface area contributed by atoms with Crippen molar-refractivity contribution >= 4 is 23.8 Å². The fourth-order valence-electron chi connectivity index (χ4n) is 2.65. The summed E-state index contributed by atoms with van der Waals surface area (Å²) in [5.74, 6) is -1.64. The number of nitrogens with one attached hydrogen (secondary N) is 3. The Morgan fingerprint density at radius 1 is 1.00 bits per heavy atom. The second-order valence-electron chi connectivity index (χ2n) is 9.80. The molecule has 3 atom stereocenters. The van der Waals surface area contributed by atoms with E-state index in [0.717, 1.165) is 0 Å². The molecular formula is C21H40N4O6. The second-order valence-corrected chi connectivity index (χ2v) is 9.80. The molecule has 0 fully saturated rings. The highest BCUT2D eigenvalue weighted by Crippen LogP contribution is 2.20. The zero-order valence-corrected chi connectivity index (χ0v) is 20.3. The van der Waals surface area contributed by atoms with E-state index in [2.05, 4.69) is 16.0 Å². The lowest BCUT2D eigenvalue weighted by atomic mass is 9.86.